The number of para-hydroxylation sites is 1. The van der Waals surface area contributed by atoms with Gasteiger partial charge in [0, 0.05) is 11.1 Å². The molecular weight excluding hydrogens is 378 g/mol. The quantitative estimate of drug-likeness (QED) is 0.634. The molecule has 1 atom stereocenters. The van der Waals surface area contributed by atoms with E-state index in [-0.39, 0.29) is 12.2 Å². The van der Waals surface area contributed by atoms with Crippen LogP contribution >= 0.6 is 0 Å². The molecule has 5 heteroatoms. The number of fused-ring (bicyclic) bond motifs is 1. The number of rotatable bonds is 6. The first kappa shape index (κ1) is 19.9. The van der Waals surface area contributed by atoms with Gasteiger partial charge in [-0.3, -0.25) is 9.59 Å². The van der Waals surface area contributed by atoms with Gasteiger partial charge in [-0.2, -0.15) is 0 Å². The van der Waals surface area contributed by atoms with E-state index in [2.05, 4.69) is 0 Å². The van der Waals surface area contributed by atoms with Crippen molar-refractivity contribution in [3.8, 4) is 5.75 Å². The van der Waals surface area contributed by atoms with E-state index >= 15 is 0 Å². The minimum Gasteiger partial charge on any atom is -0.497 e. The minimum absolute atomic E-state index is 0.305. The predicted molar refractivity (Wildman–Crippen MR) is 115 cm³/mol. The summed E-state index contributed by atoms with van der Waals surface area (Å²) in [6, 6.07) is 21.7. The van der Waals surface area contributed by atoms with Gasteiger partial charge in [0.05, 0.1) is 25.8 Å². The van der Waals surface area contributed by atoms with E-state index in [0.29, 0.717) is 29.1 Å². The molecule has 30 heavy (non-hydrogen) atoms. The number of aryl methyl sites for hydroxylation is 1. The topological polar surface area (TPSA) is 66.8 Å². The zero-order valence-electron chi connectivity index (χ0n) is 17.0. The van der Waals surface area contributed by atoms with Gasteiger partial charge in [-0.1, -0.05) is 48.0 Å². The molecule has 1 aliphatic heterocycles. The summed E-state index contributed by atoms with van der Waals surface area (Å²) >= 11 is 0. The Kier molecular flexibility index (Phi) is 5.14. The average molecular weight is 401 g/mol. The van der Waals surface area contributed by atoms with Crippen LogP contribution in [0.15, 0.2) is 72.8 Å². The number of aliphatic hydroxyl groups is 1. The van der Waals surface area contributed by atoms with Gasteiger partial charge >= 0.3 is 0 Å². The van der Waals surface area contributed by atoms with Gasteiger partial charge in [-0.05, 0) is 42.8 Å². The van der Waals surface area contributed by atoms with Crippen LogP contribution in [-0.4, -0.2) is 23.9 Å². The largest absolute Gasteiger partial charge is 0.497 e. The molecule has 152 valence electrons. The van der Waals surface area contributed by atoms with Gasteiger partial charge in [0.1, 0.15) is 5.75 Å². The Morgan fingerprint density at radius 1 is 1.00 bits per heavy atom. The molecule has 0 unspecified atom stereocenters. The Morgan fingerprint density at radius 3 is 2.33 bits per heavy atom. The molecule has 1 aliphatic rings. The molecule has 3 aromatic rings. The van der Waals surface area contributed by atoms with E-state index in [9.17, 15) is 14.7 Å². The molecule has 0 fully saturated rings. The molecule has 5 nitrogen and oxygen atoms in total. The summed E-state index contributed by atoms with van der Waals surface area (Å²) in [5.74, 6) is -0.150. The van der Waals surface area contributed by atoms with Crippen LogP contribution in [0.3, 0.4) is 0 Å². The molecule has 0 bridgehead atoms. The van der Waals surface area contributed by atoms with Crippen molar-refractivity contribution in [2.45, 2.75) is 25.5 Å². The fraction of sp³-hybridized carbons (Fsp3) is 0.200. The number of ether oxygens (including phenoxy) is 1. The second-order valence-corrected chi connectivity index (χ2v) is 7.58. The summed E-state index contributed by atoms with van der Waals surface area (Å²) in [6.45, 7) is 2.33. The number of ketones is 1. The van der Waals surface area contributed by atoms with E-state index in [1.807, 2.05) is 37.3 Å². The smallest absolute Gasteiger partial charge is 0.264 e. The lowest BCUT2D eigenvalue weighted by Gasteiger charge is -2.23. The van der Waals surface area contributed by atoms with Crippen molar-refractivity contribution < 1.29 is 19.4 Å². The summed E-state index contributed by atoms with van der Waals surface area (Å²) in [5.41, 5.74) is 1.71. The lowest BCUT2D eigenvalue weighted by Crippen LogP contribution is -2.41. The molecule has 0 saturated heterocycles. The third-order valence-corrected chi connectivity index (χ3v) is 5.53. The number of amides is 1. The highest BCUT2D eigenvalue weighted by Gasteiger charge is 2.50. The van der Waals surface area contributed by atoms with Crippen LogP contribution < -0.4 is 9.64 Å². The maximum atomic E-state index is 13.3. The maximum absolute atomic E-state index is 13.3. The van der Waals surface area contributed by atoms with Crippen LogP contribution in [-0.2, 0) is 16.9 Å². The number of carbonyl (C=O) groups is 2. The molecule has 0 spiro atoms. The molecule has 0 aromatic heterocycles. The van der Waals surface area contributed by atoms with Gasteiger partial charge in [0.25, 0.3) is 5.91 Å². The SMILES string of the molecule is COc1ccc(C(=O)C[C@]2(O)C(=O)N(Cc3ccc(C)cc3)c3ccccc32)cc1. The maximum Gasteiger partial charge on any atom is 0.264 e. The Hall–Kier alpha value is -3.44. The van der Waals surface area contributed by atoms with Gasteiger partial charge in [0.2, 0.25) is 0 Å². The summed E-state index contributed by atoms with van der Waals surface area (Å²) in [6.07, 6.45) is -0.320. The van der Waals surface area contributed by atoms with Gasteiger partial charge in [-0.25, -0.2) is 0 Å². The van der Waals surface area contributed by atoms with Crippen molar-refractivity contribution in [1.82, 2.24) is 0 Å². The third-order valence-electron chi connectivity index (χ3n) is 5.53. The monoisotopic (exact) mass is 401 g/mol. The standard InChI is InChI=1S/C25H23NO4/c1-17-7-9-18(10-8-17)16-26-22-6-4-3-5-21(22)25(29,24(26)28)15-23(27)19-11-13-20(30-2)14-12-19/h3-14,29H,15-16H2,1-2H3/t25-/m1/s1. The van der Waals surface area contributed by atoms with E-state index in [0.717, 1.165) is 11.1 Å². The highest BCUT2D eigenvalue weighted by atomic mass is 16.5. The highest BCUT2D eigenvalue weighted by molar-refractivity contribution is 6.10. The van der Waals surface area contributed by atoms with Crippen LogP contribution in [0.4, 0.5) is 5.69 Å². The van der Waals surface area contributed by atoms with E-state index in [4.69, 9.17) is 4.74 Å². The molecule has 1 amide bonds. The summed E-state index contributed by atoms with van der Waals surface area (Å²) in [4.78, 5) is 27.8. The lowest BCUT2D eigenvalue weighted by atomic mass is 9.88. The second-order valence-electron chi connectivity index (χ2n) is 7.58. The van der Waals surface area contributed by atoms with Crippen LogP contribution in [0.1, 0.15) is 33.5 Å². The summed E-state index contributed by atoms with van der Waals surface area (Å²) in [5, 5.41) is 11.4. The minimum atomic E-state index is -1.89. The molecule has 0 aliphatic carbocycles. The molecule has 4 rings (SSSR count). The number of hydrogen-bond acceptors (Lipinski definition) is 4. The first-order chi connectivity index (χ1) is 14.4. The Labute approximate surface area is 175 Å². The number of nitrogens with zero attached hydrogens (tertiary/aromatic N) is 1. The number of carbonyl (C=O) groups excluding carboxylic acids is 2. The zero-order chi connectivity index (χ0) is 21.3. The van der Waals surface area contributed by atoms with E-state index < -0.39 is 11.5 Å². The van der Waals surface area contributed by atoms with Crippen molar-refractivity contribution in [1.29, 1.82) is 0 Å². The van der Waals surface area contributed by atoms with Crippen molar-refractivity contribution >= 4 is 17.4 Å². The van der Waals surface area contributed by atoms with Gasteiger partial charge in [-0.15, -0.1) is 0 Å². The average Bonchev–Trinajstić information content (AvgIpc) is 2.97. The number of anilines is 1. The number of hydrogen-bond donors (Lipinski definition) is 1. The van der Waals surface area contributed by atoms with Crippen molar-refractivity contribution in [2.24, 2.45) is 0 Å². The Morgan fingerprint density at radius 2 is 1.67 bits per heavy atom. The number of methoxy groups -OCH3 is 1. The normalized spacial score (nSPS) is 17.7. The van der Waals surface area contributed by atoms with Crippen molar-refractivity contribution in [3.63, 3.8) is 0 Å². The Bertz CT molecular complexity index is 1090. The third kappa shape index (κ3) is 3.48. The van der Waals surface area contributed by atoms with Crippen molar-refractivity contribution in [2.75, 3.05) is 12.0 Å². The molecular formula is C25H23NO4. The highest BCUT2D eigenvalue weighted by Crippen LogP contribution is 2.43. The summed E-state index contributed by atoms with van der Waals surface area (Å²) < 4.78 is 5.12. The number of benzene rings is 3. The molecule has 0 radical (unpaired) electrons. The van der Waals surface area contributed by atoms with Crippen LogP contribution in [0.25, 0.3) is 0 Å². The first-order valence-corrected chi connectivity index (χ1v) is 9.79. The van der Waals surface area contributed by atoms with Gasteiger partial charge < -0.3 is 14.7 Å². The molecule has 0 saturated carbocycles. The molecule has 1 N–H and O–H groups in total. The lowest BCUT2D eigenvalue weighted by molar-refractivity contribution is -0.136. The molecule has 1 heterocycles. The Balaban J connectivity index is 1.64. The predicted octanol–water partition coefficient (Wildman–Crippen LogP) is 4.01. The van der Waals surface area contributed by atoms with Crippen LogP contribution in [0.5, 0.6) is 5.75 Å². The van der Waals surface area contributed by atoms with Gasteiger partial charge in [0.15, 0.2) is 11.4 Å². The number of Topliss-reactive ketones (excluding diaryl/α,β-unsaturated/α-hetero) is 1. The van der Waals surface area contributed by atoms with E-state index in [1.165, 1.54) is 0 Å². The molecule has 3 aromatic carbocycles. The van der Waals surface area contributed by atoms with Crippen LogP contribution in [0, 0.1) is 6.92 Å². The van der Waals surface area contributed by atoms with E-state index in [1.54, 1.807) is 54.5 Å². The van der Waals surface area contributed by atoms with Crippen LogP contribution in [0.2, 0.25) is 0 Å². The first-order valence-electron chi connectivity index (χ1n) is 9.79. The summed E-state index contributed by atoms with van der Waals surface area (Å²) in [7, 11) is 1.55. The fourth-order valence-corrected chi connectivity index (χ4v) is 3.82. The second kappa shape index (κ2) is 7.76. The zero-order valence-corrected chi connectivity index (χ0v) is 17.0. The fourth-order valence-electron chi connectivity index (χ4n) is 3.82. The van der Waals surface area contributed by atoms with Crippen molar-refractivity contribution in [3.05, 3.63) is 95.1 Å².